The summed E-state index contributed by atoms with van der Waals surface area (Å²) in [7, 11) is 0. The van der Waals surface area contributed by atoms with Crippen molar-refractivity contribution in [3.8, 4) is 0 Å². The number of quaternary nitrogens is 1. The van der Waals surface area contributed by atoms with Gasteiger partial charge in [0.2, 0.25) is 0 Å². The average Bonchev–Trinajstić information content (AvgIpc) is 2.69. The molecule has 0 amide bonds. The third kappa shape index (κ3) is 11.2. The van der Waals surface area contributed by atoms with E-state index in [1.807, 2.05) is 0 Å². The highest BCUT2D eigenvalue weighted by Crippen LogP contribution is 2.21. The van der Waals surface area contributed by atoms with Gasteiger partial charge in [-0.2, -0.15) is 0 Å². The third-order valence-corrected chi connectivity index (χ3v) is 7.16. The van der Waals surface area contributed by atoms with E-state index in [1.54, 1.807) is 0 Å². The van der Waals surface area contributed by atoms with Crippen molar-refractivity contribution < 1.29 is 21.5 Å². The maximum Gasteiger partial charge on any atom is 0.0916 e. The molecule has 3 rings (SSSR count). The molecule has 0 aromatic rings. The zero-order valence-corrected chi connectivity index (χ0v) is 20.1. The molecule has 3 saturated heterocycles. The molecule has 3 aliphatic rings. The summed E-state index contributed by atoms with van der Waals surface area (Å²) >= 11 is 0. The molecular weight excluding hydrogens is 396 g/mol. The topological polar surface area (TPSA) is 3.24 Å². The summed E-state index contributed by atoms with van der Waals surface area (Å²) in [6, 6.07) is 0. The van der Waals surface area contributed by atoms with Crippen LogP contribution in [0.2, 0.25) is 0 Å². The van der Waals surface area contributed by atoms with Crippen LogP contribution in [0.5, 0.6) is 0 Å². The minimum Gasteiger partial charge on any atom is -1.00 e. The fourth-order valence-electron chi connectivity index (χ4n) is 5.06. The molecule has 2 nitrogen and oxygen atoms in total. The summed E-state index contributed by atoms with van der Waals surface area (Å²) in [5.41, 5.74) is 0. The van der Waals surface area contributed by atoms with Gasteiger partial charge in [0.1, 0.15) is 0 Å². The summed E-state index contributed by atoms with van der Waals surface area (Å²) in [6.45, 7) is 12.2. The molecule has 162 valence electrons. The quantitative estimate of drug-likeness (QED) is 0.245. The monoisotopic (exact) mass is 444 g/mol. The number of halogens is 1. The zero-order valence-electron chi connectivity index (χ0n) is 18.5. The number of nitrogens with zero attached hydrogens (tertiary/aromatic N) is 2. The second kappa shape index (κ2) is 16.2. The highest BCUT2D eigenvalue weighted by atomic mass is 79.9. The van der Waals surface area contributed by atoms with Gasteiger partial charge in [0.25, 0.3) is 0 Å². The van der Waals surface area contributed by atoms with Crippen LogP contribution in [-0.4, -0.2) is 55.2 Å². The van der Waals surface area contributed by atoms with Gasteiger partial charge in [0, 0.05) is 19.6 Å². The van der Waals surface area contributed by atoms with E-state index in [0.717, 1.165) is 0 Å². The molecule has 0 aliphatic carbocycles. The van der Waals surface area contributed by atoms with E-state index in [0.29, 0.717) is 0 Å². The summed E-state index contributed by atoms with van der Waals surface area (Å²) in [5, 5.41) is 0. The molecular formula is C24H49BrN2. The third-order valence-electron chi connectivity index (χ3n) is 7.16. The largest absolute Gasteiger partial charge is 1.00 e. The van der Waals surface area contributed by atoms with Gasteiger partial charge in [-0.15, -0.1) is 0 Å². The van der Waals surface area contributed by atoms with E-state index in [4.69, 9.17) is 0 Å². The van der Waals surface area contributed by atoms with Gasteiger partial charge in [-0.05, 0) is 12.8 Å². The molecule has 3 heterocycles. The highest BCUT2D eigenvalue weighted by molar-refractivity contribution is 4.70. The van der Waals surface area contributed by atoms with Crippen LogP contribution >= 0.6 is 0 Å². The Morgan fingerprint density at radius 1 is 0.519 bits per heavy atom. The standard InChI is InChI=1S/C24H49N2.BrH/c1-2-3-4-5-6-7-8-9-10-11-12-13-14-15-16-17-21-26-22-18-25(19-23-26)20-24-26;/h2-24H2,1H3;1H/q+1;/p-1. The molecule has 2 bridgehead atoms. The van der Waals surface area contributed by atoms with Gasteiger partial charge in [0.05, 0.1) is 26.2 Å². The predicted molar refractivity (Wildman–Crippen MR) is 116 cm³/mol. The lowest BCUT2D eigenvalue weighted by Crippen LogP contribution is -3.00. The average molecular weight is 446 g/mol. The van der Waals surface area contributed by atoms with Crippen LogP contribution in [0.4, 0.5) is 0 Å². The molecule has 0 unspecified atom stereocenters. The van der Waals surface area contributed by atoms with Crippen molar-refractivity contribution in [2.24, 2.45) is 0 Å². The normalized spacial score (nSPS) is 24.1. The number of unbranched alkanes of at least 4 members (excludes halogenated alkanes) is 15. The summed E-state index contributed by atoms with van der Waals surface area (Å²) in [5.74, 6) is 0. The van der Waals surface area contributed by atoms with Crippen LogP contribution in [0.15, 0.2) is 0 Å². The number of hydrogen-bond acceptors (Lipinski definition) is 1. The minimum atomic E-state index is 0. The van der Waals surface area contributed by atoms with E-state index in [1.165, 1.54) is 153 Å². The molecule has 3 heteroatoms. The van der Waals surface area contributed by atoms with Crippen molar-refractivity contribution in [3.05, 3.63) is 0 Å². The first-order chi connectivity index (χ1) is 12.8. The molecule has 3 fully saturated rings. The maximum absolute atomic E-state index is 2.66. The van der Waals surface area contributed by atoms with E-state index in [2.05, 4.69) is 11.8 Å². The van der Waals surface area contributed by atoms with Gasteiger partial charge in [0.15, 0.2) is 0 Å². The highest BCUT2D eigenvalue weighted by Gasteiger charge is 2.37. The fraction of sp³-hybridized carbons (Fsp3) is 1.00. The lowest BCUT2D eigenvalue weighted by molar-refractivity contribution is -0.941. The van der Waals surface area contributed by atoms with Gasteiger partial charge < -0.3 is 21.5 Å². The smallest absolute Gasteiger partial charge is 0.0916 e. The number of rotatable bonds is 17. The first-order valence-corrected chi connectivity index (χ1v) is 12.4. The number of hydrogen-bond donors (Lipinski definition) is 0. The second-order valence-electron chi connectivity index (χ2n) is 9.38. The molecule has 0 aromatic heterocycles. The molecule has 0 spiro atoms. The Morgan fingerprint density at radius 2 is 0.852 bits per heavy atom. The molecule has 0 saturated carbocycles. The summed E-state index contributed by atoms with van der Waals surface area (Å²) in [4.78, 5) is 2.66. The van der Waals surface area contributed by atoms with Crippen molar-refractivity contribution in [2.45, 2.75) is 110 Å². The Morgan fingerprint density at radius 3 is 1.22 bits per heavy atom. The van der Waals surface area contributed by atoms with E-state index in [-0.39, 0.29) is 17.0 Å². The van der Waals surface area contributed by atoms with Crippen LogP contribution < -0.4 is 17.0 Å². The Labute approximate surface area is 181 Å². The Kier molecular flexibility index (Phi) is 15.3. The van der Waals surface area contributed by atoms with Crippen LogP contribution in [0.25, 0.3) is 0 Å². The lowest BCUT2D eigenvalue weighted by Gasteiger charge is -2.50. The predicted octanol–water partition coefficient (Wildman–Crippen LogP) is 3.40. The van der Waals surface area contributed by atoms with Crippen molar-refractivity contribution in [3.63, 3.8) is 0 Å². The van der Waals surface area contributed by atoms with Gasteiger partial charge >= 0.3 is 0 Å². The van der Waals surface area contributed by atoms with Crippen LogP contribution in [0.1, 0.15) is 110 Å². The molecule has 0 N–H and O–H groups in total. The van der Waals surface area contributed by atoms with Crippen LogP contribution in [0.3, 0.4) is 0 Å². The van der Waals surface area contributed by atoms with E-state index in [9.17, 15) is 0 Å². The van der Waals surface area contributed by atoms with Crippen molar-refractivity contribution in [2.75, 3.05) is 45.8 Å². The van der Waals surface area contributed by atoms with Crippen molar-refractivity contribution in [1.29, 1.82) is 0 Å². The maximum atomic E-state index is 2.66. The van der Waals surface area contributed by atoms with E-state index < -0.39 is 0 Å². The van der Waals surface area contributed by atoms with Gasteiger partial charge in [-0.25, -0.2) is 0 Å². The van der Waals surface area contributed by atoms with Gasteiger partial charge in [-0.3, -0.25) is 4.90 Å². The summed E-state index contributed by atoms with van der Waals surface area (Å²) in [6.07, 6.45) is 23.6. The fourth-order valence-corrected chi connectivity index (χ4v) is 5.06. The molecule has 0 aromatic carbocycles. The molecule has 0 radical (unpaired) electrons. The number of fused-ring (bicyclic) bond motifs is 3. The molecule has 0 atom stereocenters. The Hall–Kier alpha value is 0.400. The first-order valence-electron chi connectivity index (χ1n) is 12.4. The van der Waals surface area contributed by atoms with Crippen molar-refractivity contribution >= 4 is 0 Å². The molecule has 3 aliphatic heterocycles. The second-order valence-corrected chi connectivity index (χ2v) is 9.38. The first kappa shape index (κ1) is 25.4. The lowest BCUT2D eigenvalue weighted by atomic mass is 10.0. The molecule has 27 heavy (non-hydrogen) atoms. The van der Waals surface area contributed by atoms with Crippen LogP contribution in [-0.2, 0) is 0 Å². The summed E-state index contributed by atoms with van der Waals surface area (Å²) < 4.78 is 1.47. The van der Waals surface area contributed by atoms with Crippen LogP contribution in [0, 0.1) is 0 Å². The zero-order chi connectivity index (χ0) is 18.3. The number of piperazine rings is 3. The van der Waals surface area contributed by atoms with E-state index >= 15 is 0 Å². The van der Waals surface area contributed by atoms with Crippen molar-refractivity contribution in [1.82, 2.24) is 4.90 Å². The van der Waals surface area contributed by atoms with Gasteiger partial charge in [-0.1, -0.05) is 96.8 Å². The SMILES string of the molecule is CCCCCCCCCCCCCCCCCC[N+]12CCN(CC1)CC2.[Br-]. The Balaban J connectivity index is 0.00000364. The minimum absolute atomic E-state index is 0. The Bertz CT molecular complexity index is 313.